The lowest BCUT2D eigenvalue weighted by molar-refractivity contribution is 0.527. The molecule has 0 unspecified atom stereocenters. The van der Waals surface area contributed by atoms with Gasteiger partial charge in [0.1, 0.15) is 0 Å². The quantitative estimate of drug-likeness (QED) is 0.828. The normalized spacial score (nSPS) is 16.6. The van der Waals surface area contributed by atoms with Crippen LogP contribution in [0.15, 0.2) is 10.9 Å². The highest BCUT2D eigenvalue weighted by atomic mass is 16.1. The van der Waals surface area contributed by atoms with Gasteiger partial charge in [-0.3, -0.25) is 4.79 Å². The average molecular weight is 220 g/mol. The van der Waals surface area contributed by atoms with Gasteiger partial charge in [0.25, 0.3) is 5.56 Å². The molecular formula is C13H20N2O. The molecule has 1 aliphatic carbocycles. The van der Waals surface area contributed by atoms with Crippen LogP contribution in [0.4, 0.5) is 0 Å². The molecule has 1 saturated carbocycles. The van der Waals surface area contributed by atoms with Gasteiger partial charge in [-0.25, -0.2) is 0 Å². The minimum absolute atomic E-state index is 0.104. The summed E-state index contributed by atoms with van der Waals surface area (Å²) >= 11 is 0. The van der Waals surface area contributed by atoms with Crippen molar-refractivity contribution >= 4 is 0 Å². The summed E-state index contributed by atoms with van der Waals surface area (Å²) in [6.45, 7) is 7.75. The molecule has 0 spiro atoms. The lowest BCUT2D eigenvalue weighted by Gasteiger charge is -2.23. The van der Waals surface area contributed by atoms with Crippen molar-refractivity contribution in [2.24, 2.45) is 5.73 Å². The molecule has 0 radical (unpaired) electrons. The predicted octanol–water partition coefficient (Wildman–Crippen LogP) is 1.99. The lowest BCUT2D eigenvalue weighted by atomic mass is 9.92. The van der Waals surface area contributed by atoms with E-state index in [1.807, 2.05) is 32.3 Å². The fourth-order valence-electron chi connectivity index (χ4n) is 2.47. The minimum Gasteiger partial charge on any atom is -0.322 e. The van der Waals surface area contributed by atoms with Gasteiger partial charge in [-0.05, 0) is 52.2 Å². The highest BCUT2D eigenvalue weighted by Crippen LogP contribution is 2.35. The van der Waals surface area contributed by atoms with Gasteiger partial charge in [-0.2, -0.15) is 0 Å². The molecule has 0 atom stereocenters. The Morgan fingerprint density at radius 1 is 1.38 bits per heavy atom. The van der Waals surface area contributed by atoms with E-state index in [2.05, 4.69) is 6.07 Å². The predicted molar refractivity (Wildman–Crippen MR) is 65.7 cm³/mol. The molecule has 0 amide bonds. The maximum Gasteiger partial charge on any atom is 0.256 e. The Morgan fingerprint density at radius 2 is 1.94 bits per heavy atom. The Morgan fingerprint density at radius 3 is 2.38 bits per heavy atom. The van der Waals surface area contributed by atoms with E-state index < -0.39 is 5.54 Å². The van der Waals surface area contributed by atoms with Crippen LogP contribution in [0, 0.1) is 13.8 Å². The van der Waals surface area contributed by atoms with Gasteiger partial charge in [0.05, 0.1) is 0 Å². The van der Waals surface area contributed by atoms with Gasteiger partial charge in [-0.15, -0.1) is 0 Å². The van der Waals surface area contributed by atoms with Crippen LogP contribution >= 0.6 is 0 Å². The summed E-state index contributed by atoms with van der Waals surface area (Å²) in [5, 5.41) is 0. The molecule has 1 aliphatic rings. The maximum absolute atomic E-state index is 12.4. The van der Waals surface area contributed by atoms with Crippen LogP contribution in [0.2, 0.25) is 0 Å². The second-order valence-electron chi connectivity index (χ2n) is 5.47. The van der Waals surface area contributed by atoms with Crippen molar-refractivity contribution < 1.29 is 0 Å². The summed E-state index contributed by atoms with van der Waals surface area (Å²) in [6.07, 6.45) is 2.24. The average Bonchev–Trinajstić information content (AvgIpc) is 2.83. The van der Waals surface area contributed by atoms with Crippen molar-refractivity contribution in [3.8, 4) is 0 Å². The molecule has 1 fully saturated rings. The summed E-state index contributed by atoms with van der Waals surface area (Å²) < 4.78 is 1.91. The van der Waals surface area contributed by atoms with Gasteiger partial charge in [0, 0.05) is 22.8 Å². The standard InChI is InChI=1S/C13H20N2O/c1-8-7-9(2)15(10-5-6-10)12(16)11(8)13(3,4)14/h7,10H,5-6,14H2,1-4H3. The third-order valence-electron chi connectivity index (χ3n) is 3.19. The number of rotatable bonds is 2. The fourth-order valence-corrected chi connectivity index (χ4v) is 2.47. The minimum atomic E-state index is -0.564. The zero-order valence-corrected chi connectivity index (χ0v) is 10.5. The molecule has 88 valence electrons. The fraction of sp³-hybridized carbons (Fsp3) is 0.615. The Balaban J connectivity index is 2.70. The van der Waals surface area contributed by atoms with Crippen LogP contribution in [0.1, 0.15) is 49.6 Å². The lowest BCUT2D eigenvalue weighted by Crippen LogP contribution is -2.39. The molecular weight excluding hydrogens is 200 g/mol. The number of aromatic nitrogens is 1. The molecule has 1 aromatic rings. The summed E-state index contributed by atoms with van der Waals surface area (Å²) in [7, 11) is 0. The van der Waals surface area contributed by atoms with E-state index >= 15 is 0 Å². The Bertz CT molecular complexity index is 476. The first-order chi connectivity index (χ1) is 7.32. The molecule has 2 rings (SSSR count). The van der Waals surface area contributed by atoms with Gasteiger partial charge in [0.2, 0.25) is 0 Å². The molecule has 1 aromatic heterocycles. The van der Waals surface area contributed by atoms with E-state index in [4.69, 9.17) is 5.73 Å². The smallest absolute Gasteiger partial charge is 0.256 e. The topological polar surface area (TPSA) is 48.0 Å². The molecule has 16 heavy (non-hydrogen) atoms. The number of pyridine rings is 1. The van der Waals surface area contributed by atoms with E-state index in [0.717, 1.165) is 29.7 Å². The summed E-state index contributed by atoms with van der Waals surface area (Å²) in [5.74, 6) is 0. The van der Waals surface area contributed by atoms with Crippen molar-refractivity contribution in [3.05, 3.63) is 33.2 Å². The van der Waals surface area contributed by atoms with Crippen molar-refractivity contribution in [1.82, 2.24) is 4.57 Å². The van der Waals surface area contributed by atoms with Gasteiger partial charge in [-0.1, -0.05) is 0 Å². The second-order valence-corrected chi connectivity index (χ2v) is 5.47. The Kier molecular flexibility index (Phi) is 2.46. The first kappa shape index (κ1) is 11.4. The molecule has 3 heteroatoms. The monoisotopic (exact) mass is 220 g/mol. The van der Waals surface area contributed by atoms with E-state index in [1.54, 1.807) is 0 Å². The molecule has 0 bridgehead atoms. The molecule has 0 aromatic carbocycles. The number of aryl methyl sites for hydroxylation is 2. The van der Waals surface area contributed by atoms with E-state index in [9.17, 15) is 4.79 Å². The van der Waals surface area contributed by atoms with Crippen molar-refractivity contribution in [3.63, 3.8) is 0 Å². The molecule has 2 N–H and O–H groups in total. The molecule has 1 heterocycles. The van der Waals surface area contributed by atoms with Crippen LogP contribution in [0.5, 0.6) is 0 Å². The van der Waals surface area contributed by atoms with Crippen LogP contribution in [-0.4, -0.2) is 4.57 Å². The number of hydrogen-bond donors (Lipinski definition) is 1. The van der Waals surface area contributed by atoms with Gasteiger partial charge >= 0.3 is 0 Å². The van der Waals surface area contributed by atoms with Crippen molar-refractivity contribution in [2.75, 3.05) is 0 Å². The third-order valence-corrected chi connectivity index (χ3v) is 3.19. The third kappa shape index (κ3) is 1.80. The zero-order valence-electron chi connectivity index (χ0n) is 10.5. The largest absolute Gasteiger partial charge is 0.322 e. The van der Waals surface area contributed by atoms with Crippen molar-refractivity contribution in [2.45, 2.75) is 52.1 Å². The summed E-state index contributed by atoms with van der Waals surface area (Å²) in [5.41, 5.74) is 8.44. The zero-order chi connectivity index (χ0) is 12.1. The Hall–Kier alpha value is -1.09. The summed E-state index contributed by atoms with van der Waals surface area (Å²) in [6, 6.07) is 2.48. The van der Waals surface area contributed by atoms with Crippen molar-refractivity contribution in [1.29, 1.82) is 0 Å². The van der Waals surface area contributed by atoms with E-state index in [1.165, 1.54) is 0 Å². The number of nitrogens with two attached hydrogens (primary N) is 1. The number of nitrogens with zero attached hydrogens (tertiary/aromatic N) is 1. The Labute approximate surface area is 96.3 Å². The second kappa shape index (κ2) is 3.45. The van der Waals surface area contributed by atoms with Gasteiger partial charge < -0.3 is 10.3 Å². The van der Waals surface area contributed by atoms with Crippen LogP contribution < -0.4 is 11.3 Å². The molecule has 0 saturated heterocycles. The molecule has 0 aliphatic heterocycles. The first-order valence-electron chi connectivity index (χ1n) is 5.84. The van der Waals surface area contributed by atoms with Crippen LogP contribution in [0.3, 0.4) is 0 Å². The van der Waals surface area contributed by atoms with E-state index in [0.29, 0.717) is 6.04 Å². The SMILES string of the molecule is Cc1cc(C)n(C2CC2)c(=O)c1C(C)(C)N. The van der Waals surface area contributed by atoms with Crippen LogP contribution in [0.25, 0.3) is 0 Å². The first-order valence-corrected chi connectivity index (χ1v) is 5.84. The van der Waals surface area contributed by atoms with E-state index in [-0.39, 0.29) is 5.56 Å². The molecule has 3 nitrogen and oxygen atoms in total. The van der Waals surface area contributed by atoms with Crippen LogP contribution in [-0.2, 0) is 5.54 Å². The van der Waals surface area contributed by atoms with Gasteiger partial charge in [0.15, 0.2) is 0 Å². The summed E-state index contributed by atoms with van der Waals surface area (Å²) in [4.78, 5) is 12.4. The highest BCUT2D eigenvalue weighted by molar-refractivity contribution is 5.32. The maximum atomic E-state index is 12.4. The number of hydrogen-bond acceptors (Lipinski definition) is 2. The highest BCUT2D eigenvalue weighted by Gasteiger charge is 2.30.